The zero-order valence-corrected chi connectivity index (χ0v) is 17.1. The molecule has 0 radical (unpaired) electrons. The molecule has 0 spiro atoms. The standard InChI is InChI=1S/C25H19N5O2/c31-24(22-12-11-18-7-1-4-10-21(18)28-22)27-15-23-19-8-2-3-9-20(19)25(32)30(29-23)16-17-6-5-13-26-14-17/h1-14H,15-16H2,(H,27,31). The Morgan fingerprint density at radius 3 is 2.56 bits per heavy atom. The minimum absolute atomic E-state index is 0.168. The number of rotatable bonds is 5. The van der Waals surface area contributed by atoms with Gasteiger partial charge in [0.25, 0.3) is 11.5 Å². The molecule has 0 bridgehead atoms. The highest BCUT2D eigenvalue weighted by atomic mass is 16.2. The normalized spacial score (nSPS) is 11.0. The molecule has 0 fully saturated rings. The van der Waals surface area contributed by atoms with Gasteiger partial charge in [0.1, 0.15) is 5.69 Å². The monoisotopic (exact) mass is 421 g/mol. The van der Waals surface area contributed by atoms with E-state index in [2.05, 4.69) is 20.4 Å². The average Bonchev–Trinajstić information content (AvgIpc) is 2.85. The molecule has 0 aliphatic carbocycles. The maximum atomic E-state index is 13.0. The summed E-state index contributed by atoms with van der Waals surface area (Å²) >= 11 is 0. The molecule has 0 unspecified atom stereocenters. The van der Waals surface area contributed by atoms with Crippen molar-refractivity contribution in [2.24, 2.45) is 0 Å². The van der Waals surface area contributed by atoms with Gasteiger partial charge in [-0.3, -0.25) is 14.6 Å². The van der Waals surface area contributed by atoms with Gasteiger partial charge in [-0.1, -0.05) is 48.5 Å². The molecule has 0 saturated carbocycles. The summed E-state index contributed by atoms with van der Waals surface area (Å²) < 4.78 is 1.41. The average molecular weight is 421 g/mol. The van der Waals surface area contributed by atoms with Crippen LogP contribution in [0.5, 0.6) is 0 Å². The van der Waals surface area contributed by atoms with E-state index < -0.39 is 0 Å². The van der Waals surface area contributed by atoms with E-state index in [0.717, 1.165) is 16.5 Å². The van der Waals surface area contributed by atoms with Crippen LogP contribution in [-0.2, 0) is 13.1 Å². The van der Waals surface area contributed by atoms with Crippen LogP contribution < -0.4 is 10.9 Å². The van der Waals surface area contributed by atoms with Gasteiger partial charge in [0.15, 0.2) is 0 Å². The van der Waals surface area contributed by atoms with Crippen LogP contribution in [0.3, 0.4) is 0 Å². The van der Waals surface area contributed by atoms with Crippen LogP contribution in [0.25, 0.3) is 21.7 Å². The number of para-hydroxylation sites is 1. The zero-order valence-electron chi connectivity index (χ0n) is 17.1. The summed E-state index contributed by atoms with van der Waals surface area (Å²) in [6, 6.07) is 22.2. The SMILES string of the molecule is O=C(NCc1nn(Cc2cccnc2)c(=O)c2ccccc12)c1ccc2ccccc2n1. The maximum Gasteiger partial charge on any atom is 0.274 e. The van der Waals surface area contributed by atoms with Crippen LogP contribution in [0.15, 0.2) is 90.0 Å². The molecule has 5 aromatic rings. The number of amides is 1. The topological polar surface area (TPSA) is 89.8 Å². The smallest absolute Gasteiger partial charge is 0.274 e. The summed E-state index contributed by atoms with van der Waals surface area (Å²) in [7, 11) is 0. The Morgan fingerprint density at radius 1 is 0.906 bits per heavy atom. The number of aromatic nitrogens is 4. The van der Waals surface area contributed by atoms with Crippen molar-refractivity contribution in [2.45, 2.75) is 13.1 Å². The van der Waals surface area contributed by atoms with Crippen LogP contribution in [0.2, 0.25) is 0 Å². The van der Waals surface area contributed by atoms with Crippen LogP contribution in [0, 0.1) is 0 Å². The lowest BCUT2D eigenvalue weighted by molar-refractivity contribution is 0.0945. The first-order valence-electron chi connectivity index (χ1n) is 10.2. The number of fused-ring (bicyclic) bond motifs is 2. The van der Waals surface area contributed by atoms with Crippen molar-refractivity contribution >= 4 is 27.6 Å². The van der Waals surface area contributed by atoms with Crippen molar-refractivity contribution in [3.8, 4) is 0 Å². The van der Waals surface area contributed by atoms with Crippen molar-refractivity contribution in [3.63, 3.8) is 0 Å². The largest absolute Gasteiger partial charge is 0.345 e. The molecule has 1 amide bonds. The number of pyridine rings is 2. The van der Waals surface area contributed by atoms with Gasteiger partial charge >= 0.3 is 0 Å². The minimum Gasteiger partial charge on any atom is -0.345 e. The van der Waals surface area contributed by atoms with E-state index in [0.29, 0.717) is 28.7 Å². The Kier molecular flexibility index (Phi) is 5.13. The van der Waals surface area contributed by atoms with Gasteiger partial charge in [0, 0.05) is 23.2 Å². The number of carbonyl (C=O) groups is 1. The van der Waals surface area contributed by atoms with E-state index in [4.69, 9.17) is 0 Å². The first kappa shape index (κ1) is 19.6. The second-order valence-corrected chi connectivity index (χ2v) is 7.39. The third-order valence-electron chi connectivity index (χ3n) is 5.25. The van der Waals surface area contributed by atoms with Crippen molar-refractivity contribution < 1.29 is 4.79 Å². The number of carbonyl (C=O) groups excluding carboxylic acids is 1. The van der Waals surface area contributed by atoms with Crippen molar-refractivity contribution in [2.75, 3.05) is 0 Å². The Labute approximate surface area is 183 Å². The molecule has 5 rings (SSSR count). The summed E-state index contributed by atoms with van der Waals surface area (Å²) in [4.78, 5) is 34.3. The molecule has 7 heteroatoms. The van der Waals surface area contributed by atoms with E-state index >= 15 is 0 Å². The first-order chi connectivity index (χ1) is 15.7. The van der Waals surface area contributed by atoms with Gasteiger partial charge in [-0.05, 0) is 29.8 Å². The summed E-state index contributed by atoms with van der Waals surface area (Å²) in [5.74, 6) is -0.299. The quantitative estimate of drug-likeness (QED) is 0.470. The number of hydrogen-bond acceptors (Lipinski definition) is 5. The fourth-order valence-electron chi connectivity index (χ4n) is 3.65. The lowest BCUT2D eigenvalue weighted by Gasteiger charge is -2.12. The van der Waals surface area contributed by atoms with Gasteiger partial charge in [-0.15, -0.1) is 0 Å². The zero-order chi connectivity index (χ0) is 21.9. The van der Waals surface area contributed by atoms with Gasteiger partial charge in [-0.25, -0.2) is 9.67 Å². The molecule has 1 N–H and O–H groups in total. The predicted molar refractivity (Wildman–Crippen MR) is 122 cm³/mol. The van der Waals surface area contributed by atoms with Crippen molar-refractivity contribution in [1.29, 1.82) is 0 Å². The Morgan fingerprint density at radius 2 is 1.72 bits per heavy atom. The first-order valence-corrected chi connectivity index (χ1v) is 10.2. The third kappa shape index (κ3) is 3.83. The second-order valence-electron chi connectivity index (χ2n) is 7.39. The van der Waals surface area contributed by atoms with E-state index in [9.17, 15) is 9.59 Å². The molecule has 0 aliphatic rings. The second kappa shape index (κ2) is 8.39. The molecule has 0 atom stereocenters. The van der Waals surface area contributed by atoms with Crippen molar-refractivity contribution in [3.05, 3.63) is 112 Å². The fourth-order valence-corrected chi connectivity index (χ4v) is 3.65. The van der Waals surface area contributed by atoms with E-state index in [-0.39, 0.29) is 18.0 Å². The third-order valence-corrected chi connectivity index (χ3v) is 5.25. The van der Waals surface area contributed by atoms with E-state index in [1.54, 1.807) is 24.5 Å². The summed E-state index contributed by atoms with van der Waals surface area (Å²) in [5.41, 5.74) is 2.38. The van der Waals surface area contributed by atoms with Crippen LogP contribution >= 0.6 is 0 Å². The Hall–Kier alpha value is -4.39. The van der Waals surface area contributed by atoms with Gasteiger partial charge in [-0.2, -0.15) is 5.10 Å². The number of nitrogens with zero attached hydrogens (tertiary/aromatic N) is 4. The highest BCUT2D eigenvalue weighted by Gasteiger charge is 2.13. The molecule has 2 aromatic carbocycles. The summed E-state index contributed by atoms with van der Waals surface area (Å²) in [6.07, 6.45) is 3.39. The van der Waals surface area contributed by atoms with Gasteiger partial charge in [0.2, 0.25) is 0 Å². The van der Waals surface area contributed by atoms with Gasteiger partial charge < -0.3 is 5.32 Å². The Bertz CT molecular complexity index is 1500. The lowest BCUT2D eigenvalue weighted by atomic mass is 10.1. The highest BCUT2D eigenvalue weighted by molar-refractivity contribution is 5.95. The number of benzene rings is 2. The number of nitrogens with one attached hydrogen (secondary N) is 1. The molecule has 3 heterocycles. The number of hydrogen-bond donors (Lipinski definition) is 1. The molecular formula is C25H19N5O2. The highest BCUT2D eigenvalue weighted by Crippen LogP contribution is 2.15. The van der Waals surface area contributed by atoms with Crippen LogP contribution in [0.4, 0.5) is 0 Å². The van der Waals surface area contributed by atoms with E-state index in [1.807, 2.05) is 60.7 Å². The molecule has 3 aromatic heterocycles. The fraction of sp³-hybridized carbons (Fsp3) is 0.0800. The molecular weight excluding hydrogens is 402 g/mol. The molecule has 0 aliphatic heterocycles. The van der Waals surface area contributed by atoms with E-state index in [1.165, 1.54) is 4.68 Å². The molecule has 156 valence electrons. The summed E-state index contributed by atoms with van der Waals surface area (Å²) in [6.45, 7) is 0.464. The molecule has 32 heavy (non-hydrogen) atoms. The van der Waals surface area contributed by atoms with Gasteiger partial charge in [0.05, 0.1) is 29.7 Å². The molecule has 7 nitrogen and oxygen atoms in total. The van der Waals surface area contributed by atoms with Crippen LogP contribution in [0.1, 0.15) is 21.7 Å². The predicted octanol–water partition coefficient (Wildman–Crippen LogP) is 3.32. The Balaban J connectivity index is 1.45. The lowest BCUT2D eigenvalue weighted by Crippen LogP contribution is -2.29. The molecule has 0 saturated heterocycles. The summed E-state index contributed by atoms with van der Waals surface area (Å²) in [5, 5.41) is 9.68. The maximum absolute atomic E-state index is 13.0. The van der Waals surface area contributed by atoms with Crippen LogP contribution in [-0.4, -0.2) is 25.7 Å². The minimum atomic E-state index is -0.299. The van der Waals surface area contributed by atoms with Crippen molar-refractivity contribution in [1.82, 2.24) is 25.1 Å².